The zero-order valence-corrected chi connectivity index (χ0v) is 23.1. The Balaban J connectivity index is 5.90. The summed E-state index contributed by atoms with van der Waals surface area (Å²) in [4.78, 5) is 0. The third-order valence-electron chi connectivity index (χ3n) is 7.55. The van der Waals surface area contributed by atoms with Crippen molar-refractivity contribution in [1.82, 2.24) is 0 Å². The number of rotatable bonds is 15. The summed E-state index contributed by atoms with van der Waals surface area (Å²) in [7, 11) is 0. The zero-order chi connectivity index (χ0) is 23.7. The van der Waals surface area contributed by atoms with Crippen molar-refractivity contribution in [2.75, 3.05) is 0 Å². The van der Waals surface area contributed by atoms with Crippen LogP contribution >= 0.6 is 0 Å². The molecule has 2 unspecified atom stereocenters. The van der Waals surface area contributed by atoms with Crippen LogP contribution < -0.4 is 0 Å². The topological polar surface area (TPSA) is 18.5 Å². The lowest BCUT2D eigenvalue weighted by Crippen LogP contribution is -2.55. The maximum atomic E-state index is 7.11. The normalized spacial score (nSPS) is 19.2. The van der Waals surface area contributed by atoms with Crippen LogP contribution in [0.15, 0.2) is 0 Å². The minimum atomic E-state index is -0.571. The molecule has 2 atom stereocenters. The van der Waals surface area contributed by atoms with Gasteiger partial charge in [-0.15, -0.1) is 0 Å². The first-order valence-electron chi connectivity index (χ1n) is 13.0. The van der Waals surface area contributed by atoms with E-state index in [1.54, 1.807) is 0 Å². The summed E-state index contributed by atoms with van der Waals surface area (Å²) in [6.45, 7) is 27.6. The summed E-state index contributed by atoms with van der Waals surface area (Å²) in [6.07, 6.45) is 12.8. The lowest BCUT2D eigenvalue weighted by Gasteiger charge is -2.53. The number of ether oxygens (including phenoxy) is 2. The monoisotopic (exact) mass is 426 g/mol. The van der Waals surface area contributed by atoms with Crippen molar-refractivity contribution < 1.29 is 9.47 Å². The lowest BCUT2D eigenvalue weighted by atomic mass is 9.73. The van der Waals surface area contributed by atoms with Gasteiger partial charge in [0.15, 0.2) is 5.79 Å². The SMILES string of the molecule is CCCCCC(C)(OC(C)(CCCC)OC(C)(CCCCC)C(C)(C)C)C(C)(C)C. The Bertz CT molecular complexity index is 420. The van der Waals surface area contributed by atoms with Crippen LogP contribution in [0.5, 0.6) is 0 Å². The van der Waals surface area contributed by atoms with Gasteiger partial charge in [0.05, 0.1) is 11.2 Å². The Hall–Kier alpha value is -0.0800. The lowest BCUT2D eigenvalue weighted by molar-refractivity contribution is -0.348. The van der Waals surface area contributed by atoms with Crippen LogP contribution in [0.4, 0.5) is 0 Å². The molecule has 182 valence electrons. The second kappa shape index (κ2) is 12.2. The van der Waals surface area contributed by atoms with Crippen molar-refractivity contribution in [3.8, 4) is 0 Å². The van der Waals surface area contributed by atoms with E-state index in [1.807, 2.05) is 0 Å². The van der Waals surface area contributed by atoms with Crippen molar-refractivity contribution >= 4 is 0 Å². The van der Waals surface area contributed by atoms with E-state index < -0.39 is 5.79 Å². The van der Waals surface area contributed by atoms with Gasteiger partial charge < -0.3 is 9.47 Å². The van der Waals surface area contributed by atoms with E-state index >= 15 is 0 Å². The van der Waals surface area contributed by atoms with Crippen LogP contribution in [0.25, 0.3) is 0 Å². The highest BCUT2D eigenvalue weighted by Crippen LogP contribution is 2.47. The summed E-state index contributed by atoms with van der Waals surface area (Å²) in [5.41, 5.74) is -0.324. The van der Waals surface area contributed by atoms with Gasteiger partial charge in [-0.05, 0) is 50.9 Å². The molecule has 0 saturated heterocycles. The Labute approximate surface area is 191 Å². The standard InChI is InChI=1S/C28H58O2/c1-13-16-19-21-26(10,24(4,5)6)29-28(12,23-18-15-3)30-27(11,25(7,8)9)22-20-17-14-2/h13-23H2,1-12H3. The van der Waals surface area contributed by atoms with E-state index in [1.165, 1.54) is 38.5 Å². The summed E-state index contributed by atoms with van der Waals surface area (Å²) >= 11 is 0. The fourth-order valence-electron chi connectivity index (χ4n) is 4.16. The summed E-state index contributed by atoms with van der Waals surface area (Å²) in [5.74, 6) is -0.571. The maximum Gasteiger partial charge on any atom is 0.167 e. The van der Waals surface area contributed by atoms with Crippen LogP contribution in [0.1, 0.15) is 154 Å². The van der Waals surface area contributed by atoms with Gasteiger partial charge in [-0.25, -0.2) is 0 Å². The minimum absolute atomic E-state index is 0.0535. The van der Waals surface area contributed by atoms with Crippen LogP contribution in [-0.4, -0.2) is 17.0 Å². The average Bonchev–Trinajstić information content (AvgIpc) is 2.58. The molecule has 0 fully saturated rings. The van der Waals surface area contributed by atoms with E-state index in [2.05, 4.69) is 83.1 Å². The molecule has 30 heavy (non-hydrogen) atoms. The van der Waals surface area contributed by atoms with E-state index in [0.29, 0.717) is 0 Å². The van der Waals surface area contributed by atoms with Crippen molar-refractivity contribution in [2.45, 2.75) is 171 Å². The Morgan fingerprint density at radius 3 is 1.03 bits per heavy atom. The predicted molar refractivity (Wildman–Crippen MR) is 134 cm³/mol. The molecule has 2 heteroatoms. The van der Waals surface area contributed by atoms with Gasteiger partial charge in [-0.3, -0.25) is 0 Å². The second-order valence-electron chi connectivity index (χ2n) is 12.3. The summed E-state index contributed by atoms with van der Waals surface area (Å²) < 4.78 is 14.2. The molecule has 0 rings (SSSR count). The van der Waals surface area contributed by atoms with Crippen LogP contribution in [0.2, 0.25) is 0 Å². The highest BCUT2D eigenvalue weighted by atomic mass is 16.7. The highest BCUT2D eigenvalue weighted by Gasteiger charge is 2.49. The molecule has 0 aliphatic carbocycles. The summed E-state index contributed by atoms with van der Waals surface area (Å²) in [5, 5.41) is 0. The first kappa shape index (κ1) is 29.9. The van der Waals surface area contributed by atoms with Gasteiger partial charge >= 0.3 is 0 Å². The van der Waals surface area contributed by atoms with Gasteiger partial charge in [-0.2, -0.15) is 0 Å². The first-order chi connectivity index (χ1) is 13.6. The molecule has 2 nitrogen and oxygen atoms in total. The van der Waals surface area contributed by atoms with Crippen molar-refractivity contribution in [3.63, 3.8) is 0 Å². The molecule has 0 heterocycles. The quantitative estimate of drug-likeness (QED) is 0.191. The van der Waals surface area contributed by atoms with Gasteiger partial charge in [0.1, 0.15) is 0 Å². The molecule has 0 aromatic rings. The Kier molecular flexibility index (Phi) is 12.2. The molecular formula is C28H58O2. The van der Waals surface area contributed by atoms with Gasteiger partial charge in [0.25, 0.3) is 0 Å². The molecule has 0 aromatic heterocycles. The number of hydrogen-bond donors (Lipinski definition) is 0. The van der Waals surface area contributed by atoms with Crippen LogP contribution in [0.3, 0.4) is 0 Å². The molecule has 0 aliphatic heterocycles. The zero-order valence-electron chi connectivity index (χ0n) is 23.1. The molecule has 0 saturated carbocycles. The minimum Gasteiger partial charge on any atom is -0.344 e. The smallest absolute Gasteiger partial charge is 0.167 e. The highest BCUT2D eigenvalue weighted by molar-refractivity contribution is 4.94. The summed E-state index contributed by atoms with van der Waals surface area (Å²) in [6, 6.07) is 0. The number of unbranched alkanes of at least 4 members (excludes halogenated alkanes) is 5. The van der Waals surface area contributed by atoms with Crippen LogP contribution in [0, 0.1) is 10.8 Å². The second-order valence-corrected chi connectivity index (χ2v) is 12.3. The van der Waals surface area contributed by atoms with Crippen molar-refractivity contribution in [2.24, 2.45) is 10.8 Å². The molecule has 0 N–H and O–H groups in total. The molecule has 0 spiro atoms. The molecule has 0 amide bonds. The number of hydrogen-bond acceptors (Lipinski definition) is 2. The van der Waals surface area contributed by atoms with E-state index in [-0.39, 0.29) is 22.0 Å². The van der Waals surface area contributed by atoms with Gasteiger partial charge in [0, 0.05) is 6.42 Å². The third kappa shape index (κ3) is 9.19. The Morgan fingerprint density at radius 1 is 0.433 bits per heavy atom. The fourth-order valence-corrected chi connectivity index (χ4v) is 4.16. The molecule has 0 radical (unpaired) electrons. The van der Waals surface area contributed by atoms with Crippen LogP contribution in [-0.2, 0) is 9.47 Å². The van der Waals surface area contributed by atoms with Crippen molar-refractivity contribution in [1.29, 1.82) is 0 Å². The fraction of sp³-hybridized carbons (Fsp3) is 1.00. The predicted octanol–water partition coefficient (Wildman–Crippen LogP) is 9.70. The first-order valence-corrected chi connectivity index (χ1v) is 13.0. The Morgan fingerprint density at radius 2 is 0.767 bits per heavy atom. The molecular weight excluding hydrogens is 368 g/mol. The maximum absolute atomic E-state index is 7.11. The largest absolute Gasteiger partial charge is 0.344 e. The molecule has 0 aliphatic rings. The van der Waals surface area contributed by atoms with E-state index in [9.17, 15) is 0 Å². The van der Waals surface area contributed by atoms with E-state index in [0.717, 1.165) is 32.1 Å². The van der Waals surface area contributed by atoms with Crippen molar-refractivity contribution in [3.05, 3.63) is 0 Å². The van der Waals surface area contributed by atoms with E-state index in [4.69, 9.17) is 9.47 Å². The molecule has 0 bridgehead atoms. The average molecular weight is 427 g/mol. The third-order valence-corrected chi connectivity index (χ3v) is 7.55. The van der Waals surface area contributed by atoms with Gasteiger partial charge in [0.2, 0.25) is 0 Å². The molecule has 0 aromatic carbocycles. The van der Waals surface area contributed by atoms with Gasteiger partial charge in [-0.1, -0.05) is 107 Å².